The molecule has 1 amide bonds. The van der Waals surface area contributed by atoms with Crippen LogP contribution >= 0.6 is 0 Å². The van der Waals surface area contributed by atoms with E-state index in [1.54, 1.807) is 17.0 Å². The van der Waals surface area contributed by atoms with Crippen molar-refractivity contribution in [2.75, 3.05) is 39.3 Å². The Kier molecular flexibility index (Phi) is 6.94. The Labute approximate surface area is 172 Å². The molecule has 0 aliphatic carbocycles. The van der Waals surface area contributed by atoms with Crippen molar-refractivity contribution >= 4 is 5.91 Å². The quantitative estimate of drug-likeness (QED) is 0.774. The van der Waals surface area contributed by atoms with Crippen molar-refractivity contribution in [2.45, 2.75) is 19.2 Å². The molecule has 162 valence electrons. The number of hydrogen-bond donors (Lipinski definition) is 1. The van der Waals surface area contributed by atoms with Crippen LogP contribution in [0.25, 0.3) is 11.1 Å². The standard InChI is InChI=1S/C21H24F3N3O3/c1-15(28)27-8-6-26(7-9-27)13-19(29)14-30-20-11-17(16-2-4-25-5-3-16)10-18(12-20)21(22,23)24/h2-5,10-12,19,29H,6-9,13-14H2,1H3. The number of aromatic nitrogens is 1. The summed E-state index contributed by atoms with van der Waals surface area (Å²) < 4.78 is 45.4. The average molecular weight is 423 g/mol. The third-order valence-corrected chi connectivity index (χ3v) is 4.98. The number of amides is 1. The van der Waals surface area contributed by atoms with Crippen molar-refractivity contribution in [1.29, 1.82) is 0 Å². The Hall–Kier alpha value is -2.65. The smallest absolute Gasteiger partial charge is 0.416 e. The van der Waals surface area contributed by atoms with Gasteiger partial charge in [0.15, 0.2) is 0 Å². The minimum absolute atomic E-state index is 0.0214. The minimum Gasteiger partial charge on any atom is -0.491 e. The zero-order valence-electron chi connectivity index (χ0n) is 16.6. The van der Waals surface area contributed by atoms with Gasteiger partial charge in [-0.1, -0.05) is 0 Å². The minimum atomic E-state index is -4.52. The fourth-order valence-corrected chi connectivity index (χ4v) is 3.35. The lowest BCUT2D eigenvalue weighted by Crippen LogP contribution is -2.50. The number of alkyl halides is 3. The van der Waals surface area contributed by atoms with Crippen molar-refractivity contribution in [3.63, 3.8) is 0 Å². The van der Waals surface area contributed by atoms with Crippen LogP contribution in [0.3, 0.4) is 0 Å². The van der Waals surface area contributed by atoms with Gasteiger partial charge in [-0.05, 0) is 41.5 Å². The molecule has 6 nitrogen and oxygen atoms in total. The van der Waals surface area contributed by atoms with Crippen LogP contribution in [-0.4, -0.2) is 71.2 Å². The molecule has 0 saturated carbocycles. The molecular formula is C21H24F3N3O3. The van der Waals surface area contributed by atoms with Crippen molar-refractivity contribution in [3.8, 4) is 16.9 Å². The lowest BCUT2D eigenvalue weighted by Gasteiger charge is -2.35. The number of aliphatic hydroxyl groups excluding tert-OH is 1. The molecule has 1 saturated heterocycles. The van der Waals surface area contributed by atoms with Gasteiger partial charge in [-0.15, -0.1) is 0 Å². The van der Waals surface area contributed by atoms with Crippen LogP contribution in [0.1, 0.15) is 12.5 Å². The highest BCUT2D eigenvalue weighted by molar-refractivity contribution is 5.73. The van der Waals surface area contributed by atoms with Gasteiger partial charge in [0.2, 0.25) is 5.91 Å². The molecule has 0 spiro atoms. The summed E-state index contributed by atoms with van der Waals surface area (Å²) in [5.74, 6) is 0.0603. The summed E-state index contributed by atoms with van der Waals surface area (Å²) in [4.78, 5) is 19.0. The Balaban J connectivity index is 1.63. The molecule has 1 N–H and O–H groups in total. The number of carbonyl (C=O) groups is 1. The van der Waals surface area contributed by atoms with Crippen molar-refractivity contribution in [1.82, 2.24) is 14.8 Å². The maximum absolute atomic E-state index is 13.3. The Morgan fingerprint density at radius 2 is 1.80 bits per heavy atom. The fraction of sp³-hybridized carbons (Fsp3) is 0.429. The van der Waals surface area contributed by atoms with Crippen molar-refractivity contribution in [2.24, 2.45) is 0 Å². The van der Waals surface area contributed by atoms with Crippen LogP contribution in [0.4, 0.5) is 13.2 Å². The maximum Gasteiger partial charge on any atom is 0.416 e. The normalized spacial score (nSPS) is 16.4. The van der Waals surface area contributed by atoms with Gasteiger partial charge in [0, 0.05) is 52.0 Å². The topological polar surface area (TPSA) is 65.9 Å². The number of ether oxygens (including phenoxy) is 1. The number of carbonyl (C=O) groups excluding carboxylic acids is 1. The van der Waals surface area contributed by atoms with Crippen molar-refractivity contribution in [3.05, 3.63) is 48.3 Å². The zero-order chi connectivity index (χ0) is 21.7. The lowest BCUT2D eigenvalue weighted by atomic mass is 10.0. The molecule has 9 heteroatoms. The second-order valence-corrected chi connectivity index (χ2v) is 7.25. The van der Waals surface area contributed by atoms with Gasteiger partial charge in [-0.2, -0.15) is 13.2 Å². The van der Waals surface area contributed by atoms with E-state index in [0.29, 0.717) is 43.9 Å². The molecule has 1 fully saturated rings. The summed E-state index contributed by atoms with van der Waals surface area (Å²) in [5, 5.41) is 10.3. The molecule has 0 radical (unpaired) electrons. The number of nitrogens with zero attached hydrogens (tertiary/aromatic N) is 3. The van der Waals surface area contributed by atoms with Gasteiger partial charge in [-0.25, -0.2) is 0 Å². The highest BCUT2D eigenvalue weighted by atomic mass is 19.4. The average Bonchev–Trinajstić information content (AvgIpc) is 2.72. The fourth-order valence-electron chi connectivity index (χ4n) is 3.35. The predicted molar refractivity (Wildman–Crippen MR) is 105 cm³/mol. The Morgan fingerprint density at radius 1 is 1.13 bits per heavy atom. The number of piperazine rings is 1. The molecule has 1 aromatic carbocycles. The molecular weight excluding hydrogens is 399 g/mol. The molecule has 1 aliphatic rings. The van der Waals surface area contributed by atoms with E-state index in [-0.39, 0.29) is 18.3 Å². The molecule has 1 aromatic heterocycles. The van der Waals surface area contributed by atoms with Gasteiger partial charge in [-0.3, -0.25) is 14.7 Å². The van der Waals surface area contributed by atoms with Crippen LogP contribution in [0.2, 0.25) is 0 Å². The van der Waals surface area contributed by atoms with E-state index in [2.05, 4.69) is 4.98 Å². The van der Waals surface area contributed by atoms with E-state index >= 15 is 0 Å². The summed E-state index contributed by atoms with van der Waals surface area (Å²) in [5.41, 5.74) is 0.128. The van der Waals surface area contributed by atoms with Gasteiger partial charge in [0.25, 0.3) is 0 Å². The van der Waals surface area contributed by atoms with E-state index in [1.807, 2.05) is 4.90 Å². The molecule has 0 bridgehead atoms. The number of hydrogen-bond acceptors (Lipinski definition) is 5. The van der Waals surface area contributed by atoms with Gasteiger partial charge in [0.1, 0.15) is 18.5 Å². The van der Waals surface area contributed by atoms with Crippen LogP contribution in [0, 0.1) is 0 Å². The number of β-amino-alcohol motifs (C(OH)–C–C–N with tert-alkyl or cyclic N) is 1. The summed E-state index contributed by atoms with van der Waals surface area (Å²) in [6.45, 7) is 4.15. The van der Waals surface area contributed by atoms with Gasteiger partial charge < -0.3 is 14.7 Å². The van der Waals surface area contributed by atoms with E-state index in [4.69, 9.17) is 4.74 Å². The van der Waals surface area contributed by atoms with Crippen LogP contribution < -0.4 is 4.74 Å². The number of benzene rings is 1. The second-order valence-electron chi connectivity index (χ2n) is 7.25. The zero-order valence-corrected chi connectivity index (χ0v) is 16.6. The van der Waals surface area contributed by atoms with E-state index in [1.165, 1.54) is 25.4 Å². The van der Waals surface area contributed by atoms with Crippen molar-refractivity contribution < 1.29 is 27.8 Å². The largest absolute Gasteiger partial charge is 0.491 e. The lowest BCUT2D eigenvalue weighted by molar-refractivity contribution is -0.137. The summed E-state index contributed by atoms with van der Waals surface area (Å²) in [7, 11) is 0. The first-order chi connectivity index (χ1) is 14.2. The number of pyridine rings is 1. The molecule has 1 unspecified atom stereocenters. The molecule has 2 heterocycles. The molecule has 2 aromatic rings. The molecule has 3 rings (SSSR count). The molecule has 1 atom stereocenters. The number of halogens is 3. The first kappa shape index (κ1) is 22.0. The van der Waals surface area contributed by atoms with E-state index in [9.17, 15) is 23.1 Å². The van der Waals surface area contributed by atoms with E-state index < -0.39 is 17.8 Å². The third kappa shape index (κ3) is 5.93. The van der Waals surface area contributed by atoms with Crippen LogP contribution in [-0.2, 0) is 11.0 Å². The molecule has 1 aliphatic heterocycles. The van der Waals surface area contributed by atoms with E-state index in [0.717, 1.165) is 12.1 Å². The Morgan fingerprint density at radius 3 is 2.40 bits per heavy atom. The highest BCUT2D eigenvalue weighted by Crippen LogP contribution is 2.35. The van der Waals surface area contributed by atoms with Crippen LogP contribution in [0.5, 0.6) is 5.75 Å². The summed E-state index contributed by atoms with van der Waals surface area (Å²) >= 11 is 0. The monoisotopic (exact) mass is 423 g/mol. The maximum atomic E-state index is 13.3. The second kappa shape index (κ2) is 9.44. The van der Waals surface area contributed by atoms with Gasteiger partial charge >= 0.3 is 6.18 Å². The Bertz CT molecular complexity index is 854. The first-order valence-electron chi connectivity index (χ1n) is 9.64. The number of aliphatic hydroxyl groups is 1. The van der Waals surface area contributed by atoms with Gasteiger partial charge in [0.05, 0.1) is 5.56 Å². The third-order valence-electron chi connectivity index (χ3n) is 4.98. The SMILES string of the molecule is CC(=O)N1CCN(CC(O)COc2cc(-c3ccncc3)cc(C(F)(F)F)c2)CC1. The number of rotatable bonds is 6. The summed E-state index contributed by atoms with van der Waals surface area (Å²) in [6.07, 6.45) is -2.37. The highest BCUT2D eigenvalue weighted by Gasteiger charge is 2.31. The predicted octanol–water partition coefficient (Wildman–Crippen LogP) is 2.67. The molecule has 30 heavy (non-hydrogen) atoms. The van der Waals surface area contributed by atoms with Crippen LogP contribution in [0.15, 0.2) is 42.7 Å². The summed E-state index contributed by atoms with van der Waals surface area (Å²) in [6, 6.07) is 6.75. The first-order valence-corrected chi connectivity index (χ1v) is 9.64.